The molecule has 0 radical (unpaired) electrons. The van der Waals surface area contributed by atoms with Crippen molar-refractivity contribution in [2.75, 3.05) is 13.1 Å². The standard InChI is InChI=1S/C30H38N2O5/c1-29(2,3)36-27(33)15-17-31-16-14-24-23-13-12-22(35-20-21-10-8-7-9-11-21)18-25(23)32(26(24)19-31)28(34)37-30(4,5)6/h7-13,18H,14-17,19-20H2,1-6H3. The van der Waals surface area contributed by atoms with E-state index in [2.05, 4.69) is 4.90 Å². The van der Waals surface area contributed by atoms with Gasteiger partial charge in [-0.15, -0.1) is 0 Å². The number of hydrogen-bond donors (Lipinski definition) is 0. The number of aromatic nitrogens is 1. The second-order valence-corrected chi connectivity index (χ2v) is 11.6. The fraction of sp³-hybridized carbons (Fsp3) is 0.467. The van der Waals surface area contributed by atoms with Crippen molar-refractivity contribution in [3.8, 4) is 5.75 Å². The summed E-state index contributed by atoms with van der Waals surface area (Å²) in [6.45, 7) is 13.6. The molecule has 198 valence electrons. The number of esters is 1. The Morgan fingerprint density at radius 2 is 1.62 bits per heavy atom. The number of hydrogen-bond acceptors (Lipinski definition) is 6. The molecule has 0 amide bonds. The Bertz CT molecular complexity index is 1270. The van der Waals surface area contributed by atoms with Crippen LogP contribution in [0.2, 0.25) is 0 Å². The third-order valence-corrected chi connectivity index (χ3v) is 6.08. The van der Waals surface area contributed by atoms with E-state index in [0.29, 0.717) is 31.9 Å². The lowest BCUT2D eigenvalue weighted by molar-refractivity contribution is -0.155. The van der Waals surface area contributed by atoms with Crippen LogP contribution in [-0.4, -0.2) is 45.8 Å². The van der Waals surface area contributed by atoms with Gasteiger partial charge in [-0.05, 0) is 71.2 Å². The van der Waals surface area contributed by atoms with Gasteiger partial charge in [0.05, 0.1) is 11.9 Å². The lowest BCUT2D eigenvalue weighted by Gasteiger charge is -2.29. The Labute approximate surface area is 219 Å². The molecule has 0 saturated heterocycles. The molecule has 7 heteroatoms. The molecular formula is C30H38N2O5. The van der Waals surface area contributed by atoms with Crippen LogP contribution < -0.4 is 4.74 Å². The van der Waals surface area contributed by atoms with Crippen molar-refractivity contribution < 1.29 is 23.8 Å². The quantitative estimate of drug-likeness (QED) is 0.377. The number of rotatable bonds is 6. The zero-order valence-corrected chi connectivity index (χ0v) is 22.8. The monoisotopic (exact) mass is 506 g/mol. The average Bonchev–Trinajstić information content (AvgIpc) is 3.13. The molecule has 0 spiro atoms. The second kappa shape index (κ2) is 10.6. The molecule has 0 bridgehead atoms. The number of ether oxygens (including phenoxy) is 3. The number of nitrogens with zero attached hydrogens (tertiary/aromatic N) is 2. The first kappa shape index (κ1) is 26.7. The van der Waals surface area contributed by atoms with E-state index in [-0.39, 0.29) is 5.97 Å². The molecule has 0 aliphatic carbocycles. The molecule has 1 aromatic heterocycles. The number of fused-ring (bicyclic) bond motifs is 3. The first-order chi connectivity index (χ1) is 17.4. The van der Waals surface area contributed by atoms with Crippen molar-refractivity contribution in [1.82, 2.24) is 9.47 Å². The lowest BCUT2D eigenvalue weighted by Crippen LogP contribution is -2.36. The highest BCUT2D eigenvalue weighted by atomic mass is 16.6. The molecule has 37 heavy (non-hydrogen) atoms. The summed E-state index contributed by atoms with van der Waals surface area (Å²) >= 11 is 0. The van der Waals surface area contributed by atoms with Crippen molar-refractivity contribution in [2.24, 2.45) is 0 Å². The minimum Gasteiger partial charge on any atom is -0.489 e. The zero-order valence-electron chi connectivity index (χ0n) is 22.8. The first-order valence-corrected chi connectivity index (χ1v) is 12.9. The molecule has 4 rings (SSSR count). The Hall–Kier alpha value is -3.32. The Kier molecular flexibility index (Phi) is 7.64. The third kappa shape index (κ3) is 6.92. The number of carbonyl (C=O) groups excluding carboxylic acids is 2. The maximum absolute atomic E-state index is 13.4. The van der Waals surface area contributed by atoms with Crippen molar-refractivity contribution in [3.63, 3.8) is 0 Å². The fourth-order valence-corrected chi connectivity index (χ4v) is 4.57. The molecule has 3 aromatic rings. The first-order valence-electron chi connectivity index (χ1n) is 12.9. The molecule has 0 saturated carbocycles. The van der Waals surface area contributed by atoms with E-state index in [1.165, 1.54) is 0 Å². The van der Waals surface area contributed by atoms with Crippen molar-refractivity contribution in [3.05, 3.63) is 65.4 Å². The molecule has 7 nitrogen and oxygen atoms in total. The predicted octanol–water partition coefficient (Wildman–Crippen LogP) is 6.09. The maximum atomic E-state index is 13.4. The van der Waals surface area contributed by atoms with E-state index in [1.807, 2.05) is 90.1 Å². The topological polar surface area (TPSA) is 70.0 Å². The highest BCUT2D eigenvalue weighted by molar-refractivity contribution is 5.94. The van der Waals surface area contributed by atoms with E-state index in [1.54, 1.807) is 4.57 Å². The highest BCUT2D eigenvalue weighted by Gasteiger charge is 2.30. The van der Waals surface area contributed by atoms with E-state index in [4.69, 9.17) is 14.2 Å². The number of carbonyl (C=O) groups is 2. The molecular weight excluding hydrogens is 468 g/mol. The minimum atomic E-state index is -0.632. The summed E-state index contributed by atoms with van der Waals surface area (Å²) in [5, 5.41) is 1.03. The zero-order chi connectivity index (χ0) is 26.8. The summed E-state index contributed by atoms with van der Waals surface area (Å²) in [5.74, 6) is 0.476. The SMILES string of the molecule is CC(C)(C)OC(=O)CCN1CCc2c(n(C(=O)OC(C)(C)C)c3cc(OCc4ccccc4)ccc23)C1. The average molecular weight is 507 g/mol. The molecule has 1 aliphatic heterocycles. The smallest absolute Gasteiger partial charge is 0.419 e. The van der Waals surface area contributed by atoms with Crippen molar-refractivity contribution >= 4 is 23.0 Å². The maximum Gasteiger partial charge on any atom is 0.419 e. The van der Waals surface area contributed by atoms with Gasteiger partial charge in [-0.1, -0.05) is 30.3 Å². The fourth-order valence-electron chi connectivity index (χ4n) is 4.57. The van der Waals surface area contributed by atoms with Crippen LogP contribution in [0, 0.1) is 0 Å². The van der Waals surface area contributed by atoms with Gasteiger partial charge in [-0.25, -0.2) is 9.36 Å². The molecule has 0 N–H and O–H groups in total. The van der Waals surface area contributed by atoms with Crippen molar-refractivity contribution in [1.29, 1.82) is 0 Å². The highest BCUT2D eigenvalue weighted by Crippen LogP contribution is 2.34. The van der Waals surface area contributed by atoms with Gasteiger partial charge >= 0.3 is 12.1 Å². The summed E-state index contributed by atoms with van der Waals surface area (Å²) in [6.07, 6.45) is 0.671. The molecule has 2 heterocycles. The summed E-state index contributed by atoms with van der Waals surface area (Å²) < 4.78 is 19.0. The number of benzene rings is 2. The molecule has 0 unspecified atom stereocenters. The van der Waals surface area contributed by atoms with Gasteiger partial charge in [0.1, 0.15) is 23.6 Å². The molecule has 2 aromatic carbocycles. The Morgan fingerprint density at radius 1 is 0.919 bits per heavy atom. The van der Waals surface area contributed by atoms with E-state index in [0.717, 1.165) is 40.7 Å². The Balaban J connectivity index is 1.61. The van der Waals surface area contributed by atoms with Gasteiger partial charge in [0, 0.05) is 36.8 Å². The molecule has 1 aliphatic rings. The van der Waals surface area contributed by atoms with Crippen molar-refractivity contribution in [2.45, 2.75) is 78.7 Å². The van der Waals surface area contributed by atoms with Crippen LogP contribution in [0.3, 0.4) is 0 Å². The summed E-state index contributed by atoms with van der Waals surface area (Å²) in [7, 11) is 0. The molecule has 0 fully saturated rings. The predicted molar refractivity (Wildman–Crippen MR) is 144 cm³/mol. The van der Waals surface area contributed by atoms with Gasteiger partial charge in [-0.3, -0.25) is 9.69 Å². The lowest BCUT2D eigenvalue weighted by atomic mass is 10.0. The van der Waals surface area contributed by atoms with Gasteiger partial charge < -0.3 is 14.2 Å². The van der Waals surface area contributed by atoms with Crippen LogP contribution in [0.25, 0.3) is 10.9 Å². The Morgan fingerprint density at radius 3 is 2.30 bits per heavy atom. The summed E-state index contributed by atoms with van der Waals surface area (Å²) in [4.78, 5) is 27.9. The van der Waals surface area contributed by atoms with Crippen LogP contribution in [0.5, 0.6) is 5.75 Å². The van der Waals surface area contributed by atoms with E-state index < -0.39 is 17.3 Å². The normalized spacial score (nSPS) is 14.3. The summed E-state index contributed by atoms with van der Waals surface area (Å²) in [5.41, 5.74) is 2.76. The van der Waals surface area contributed by atoms with Crippen LogP contribution in [-0.2, 0) is 33.8 Å². The third-order valence-electron chi connectivity index (χ3n) is 6.08. The largest absolute Gasteiger partial charge is 0.489 e. The van der Waals surface area contributed by atoms with Gasteiger partial charge in [0.2, 0.25) is 0 Å². The van der Waals surface area contributed by atoms with Gasteiger partial charge in [0.15, 0.2) is 0 Å². The van der Waals surface area contributed by atoms with E-state index >= 15 is 0 Å². The molecule has 0 atom stereocenters. The van der Waals surface area contributed by atoms with Gasteiger partial charge in [-0.2, -0.15) is 0 Å². The van der Waals surface area contributed by atoms with Gasteiger partial charge in [0.25, 0.3) is 0 Å². The van der Waals surface area contributed by atoms with E-state index in [9.17, 15) is 9.59 Å². The van der Waals surface area contributed by atoms with Crippen LogP contribution in [0.1, 0.15) is 64.8 Å². The van der Waals surface area contributed by atoms with Crippen LogP contribution in [0.15, 0.2) is 48.5 Å². The van der Waals surface area contributed by atoms with Crippen LogP contribution in [0.4, 0.5) is 4.79 Å². The second-order valence-electron chi connectivity index (χ2n) is 11.6. The van der Waals surface area contributed by atoms with Crippen LogP contribution >= 0.6 is 0 Å². The minimum absolute atomic E-state index is 0.216. The summed E-state index contributed by atoms with van der Waals surface area (Å²) in [6, 6.07) is 15.9.